The third kappa shape index (κ3) is 3.55. The molecule has 2 aromatic rings. The summed E-state index contributed by atoms with van der Waals surface area (Å²) in [5.74, 6) is 0.309. The topological polar surface area (TPSA) is 60.3 Å². The Kier molecular flexibility index (Phi) is 5.36. The van der Waals surface area contributed by atoms with Crippen LogP contribution in [0.15, 0.2) is 47.9 Å². The molecule has 2 rings (SSSR count). The molecule has 1 aromatic heterocycles. The fourth-order valence-corrected chi connectivity index (χ4v) is 2.21. The molecule has 0 radical (unpaired) electrons. The Hall–Kier alpha value is -2.56. The molecule has 5 heteroatoms. The number of rotatable bonds is 7. The van der Waals surface area contributed by atoms with Crippen molar-refractivity contribution >= 4 is 16.7 Å². The van der Waals surface area contributed by atoms with Gasteiger partial charge in [-0.15, -0.1) is 6.58 Å². The van der Waals surface area contributed by atoms with Gasteiger partial charge in [0, 0.05) is 24.7 Å². The SMILES string of the molecule is C=CCNC(=O)COc1cccc2c(=O)n(CCC)ccc12. The van der Waals surface area contributed by atoms with Crippen LogP contribution < -0.4 is 15.6 Å². The number of benzene rings is 1. The largest absolute Gasteiger partial charge is 0.483 e. The molecule has 0 bridgehead atoms. The standard InChI is InChI=1S/C17H20N2O3/c1-3-9-18-16(20)12-22-15-7-5-6-14-13(15)8-11-19(10-4-2)17(14)21/h3,5-8,11H,1,4,9-10,12H2,2H3,(H,18,20). The van der Waals surface area contributed by atoms with Crippen molar-refractivity contribution in [1.82, 2.24) is 9.88 Å². The van der Waals surface area contributed by atoms with Gasteiger partial charge in [-0.25, -0.2) is 0 Å². The van der Waals surface area contributed by atoms with Gasteiger partial charge >= 0.3 is 0 Å². The van der Waals surface area contributed by atoms with Crippen molar-refractivity contribution in [2.24, 2.45) is 0 Å². The Morgan fingerprint density at radius 2 is 2.18 bits per heavy atom. The van der Waals surface area contributed by atoms with E-state index >= 15 is 0 Å². The average Bonchev–Trinajstić information content (AvgIpc) is 2.53. The number of pyridine rings is 1. The van der Waals surface area contributed by atoms with E-state index < -0.39 is 0 Å². The monoisotopic (exact) mass is 300 g/mol. The molecule has 0 unspecified atom stereocenters. The highest BCUT2D eigenvalue weighted by molar-refractivity contribution is 5.88. The first kappa shape index (κ1) is 15.8. The van der Waals surface area contributed by atoms with E-state index in [0.29, 0.717) is 24.2 Å². The summed E-state index contributed by atoms with van der Waals surface area (Å²) in [6.07, 6.45) is 4.26. The maximum absolute atomic E-state index is 12.4. The predicted octanol–water partition coefficient (Wildman–Crippen LogP) is 2.09. The highest BCUT2D eigenvalue weighted by Gasteiger charge is 2.08. The summed E-state index contributed by atoms with van der Waals surface area (Å²) in [5.41, 5.74) is -0.0408. The van der Waals surface area contributed by atoms with E-state index in [2.05, 4.69) is 11.9 Å². The van der Waals surface area contributed by atoms with Crippen molar-refractivity contribution in [1.29, 1.82) is 0 Å². The van der Waals surface area contributed by atoms with Gasteiger partial charge in [0.05, 0.1) is 5.39 Å². The van der Waals surface area contributed by atoms with Gasteiger partial charge in [0.1, 0.15) is 5.75 Å². The number of nitrogens with zero attached hydrogens (tertiary/aromatic N) is 1. The van der Waals surface area contributed by atoms with Crippen molar-refractivity contribution in [2.45, 2.75) is 19.9 Å². The highest BCUT2D eigenvalue weighted by atomic mass is 16.5. The molecule has 0 aliphatic rings. The molecule has 1 N–H and O–H groups in total. The second-order valence-electron chi connectivity index (χ2n) is 4.91. The van der Waals surface area contributed by atoms with Crippen molar-refractivity contribution in [3.8, 4) is 5.75 Å². The van der Waals surface area contributed by atoms with Crippen molar-refractivity contribution in [3.63, 3.8) is 0 Å². The molecular formula is C17H20N2O3. The van der Waals surface area contributed by atoms with E-state index in [0.717, 1.165) is 11.8 Å². The molecule has 0 spiro atoms. The third-order valence-electron chi connectivity index (χ3n) is 3.25. The molecule has 5 nitrogen and oxygen atoms in total. The molecule has 0 saturated heterocycles. The van der Waals surface area contributed by atoms with Crippen LogP contribution >= 0.6 is 0 Å². The van der Waals surface area contributed by atoms with Crippen molar-refractivity contribution in [2.75, 3.05) is 13.2 Å². The molecule has 0 aliphatic carbocycles. The van der Waals surface area contributed by atoms with Gasteiger partial charge in [0.2, 0.25) is 0 Å². The van der Waals surface area contributed by atoms with Crippen LogP contribution in [-0.2, 0) is 11.3 Å². The quantitative estimate of drug-likeness (QED) is 0.797. The molecule has 0 aliphatic heterocycles. The molecule has 22 heavy (non-hydrogen) atoms. The van der Waals surface area contributed by atoms with E-state index in [1.54, 1.807) is 35.0 Å². The van der Waals surface area contributed by atoms with Gasteiger partial charge in [-0.1, -0.05) is 19.1 Å². The summed E-state index contributed by atoms with van der Waals surface area (Å²) in [6, 6.07) is 7.14. The maximum Gasteiger partial charge on any atom is 0.258 e. The first-order valence-corrected chi connectivity index (χ1v) is 7.30. The molecule has 0 fully saturated rings. The Morgan fingerprint density at radius 1 is 1.36 bits per heavy atom. The third-order valence-corrected chi connectivity index (χ3v) is 3.25. The maximum atomic E-state index is 12.4. The zero-order chi connectivity index (χ0) is 15.9. The summed E-state index contributed by atoms with van der Waals surface area (Å²) in [7, 11) is 0. The van der Waals surface area contributed by atoms with E-state index in [1.165, 1.54) is 0 Å². The first-order chi connectivity index (χ1) is 10.7. The van der Waals surface area contributed by atoms with Gasteiger partial charge in [0.25, 0.3) is 11.5 Å². The van der Waals surface area contributed by atoms with E-state index in [4.69, 9.17) is 4.74 Å². The number of carbonyl (C=O) groups excluding carboxylic acids is 1. The second kappa shape index (κ2) is 7.45. The van der Waals surface area contributed by atoms with Gasteiger partial charge in [-0.3, -0.25) is 9.59 Å². The zero-order valence-corrected chi connectivity index (χ0v) is 12.7. The molecule has 1 aromatic carbocycles. The van der Waals surface area contributed by atoms with Crippen LogP contribution in [0.1, 0.15) is 13.3 Å². The normalized spacial score (nSPS) is 10.4. The molecule has 116 valence electrons. The summed E-state index contributed by atoms with van der Waals surface area (Å²) in [4.78, 5) is 23.9. The van der Waals surface area contributed by atoms with Crippen LogP contribution in [0.3, 0.4) is 0 Å². The average molecular weight is 300 g/mol. The van der Waals surface area contributed by atoms with E-state index in [9.17, 15) is 9.59 Å². The number of carbonyl (C=O) groups is 1. The fourth-order valence-electron chi connectivity index (χ4n) is 2.21. The minimum absolute atomic E-state index is 0.0408. The Labute approximate surface area is 129 Å². The van der Waals surface area contributed by atoms with Crippen LogP contribution in [0.4, 0.5) is 0 Å². The summed E-state index contributed by atoms with van der Waals surface area (Å²) in [6.45, 7) is 6.55. The molecule has 0 atom stereocenters. The number of ether oxygens (including phenoxy) is 1. The molecule has 1 heterocycles. The predicted molar refractivity (Wildman–Crippen MR) is 87.2 cm³/mol. The summed E-state index contributed by atoms with van der Waals surface area (Å²) >= 11 is 0. The van der Waals surface area contributed by atoms with Crippen LogP contribution in [0.5, 0.6) is 5.75 Å². The van der Waals surface area contributed by atoms with Crippen LogP contribution in [0.2, 0.25) is 0 Å². The van der Waals surface area contributed by atoms with Crippen LogP contribution in [-0.4, -0.2) is 23.6 Å². The molecule has 1 amide bonds. The number of nitrogens with one attached hydrogen (secondary N) is 1. The number of amides is 1. The lowest BCUT2D eigenvalue weighted by Gasteiger charge is -2.11. The van der Waals surface area contributed by atoms with Crippen molar-refractivity contribution in [3.05, 3.63) is 53.5 Å². The lowest BCUT2D eigenvalue weighted by Crippen LogP contribution is -2.28. The minimum atomic E-state index is -0.226. The van der Waals surface area contributed by atoms with Crippen molar-refractivity contribution < 1.29 is 9.53 Å². The number of aryl methyl sites for hydroxylation is 1. The van der Waals surface area contributed by atoms with E-state index in [-0.39, 0.29) is 18.1 Å². The highest BCUT2D eigenvalue weighted by Crippen LogP contribution is 2.23. The zero-order valence-electron chi connectivity index (χ0n) is 12.7. The van der Waals surface area contributed by atoms with Gasteiger partial charge in [0.15, 0.2) is 6.61 Å². The smallest absolute Gasteiger partial charge is 0.258 e. The second-order valence-corrected chi connectivity index (χ2v) is 4.91. The Morgan fingerprint density at radius 3 is 2.91 bits per heavy atom. The van der Waals surface area contributed by atoms with Gasteiger partial charge in [-0.05, 0) is 24.6 Å². The molecule has 0 saturated carbocycles. The van der Waals surface area contributed by atoms with Gasteiger partial charge < -0.3 is 14.6 Å². The lowest BCUT2D eigenvalue weighted by molar-refractivity contribution is -0.122. The van der Waals surface area contributed by atoms with Crippen LogP contribution in [0, 0.1) is 0 Å². The van der Waals surface area contributed by atoms with Crippen LogP contribution in [0.25, 0.3) is 10.8 Å². The summed E-state index contributed by atoms with van der Waals surface area (Å²) in [5, 5.41) is 3.96. The van der Waals surface area contributed by atoms with E-state index in [1.807, 2.05) is 13.0 Å². The lowest BCUT2D eigenvalue weighted by atomic mass is 10.1. The van der Waals surface area contributed by atoms with Gasteiger partial charge in [-0.2, -0.15) is 0 Å². The number of aromatic nitrogens is 1. The Bertz CT molecular complexity index is 734. The number of hydrogen-bond acceptors (Lipinski definition) is 3. The number of hydrogen-bond donors (Lipinski definition) is 1. The fraction of sp³-hybridized carbons (Fsp3) is 0.294. The Balaban J connectivity index is 2.24. The first-order valence-electron chi connectivity index (χ1n) is 7.30. The molecular weight excluding hydrogens is 280 g/mol. The summed E-state index contributed by atoms with van der Waals surface area (Å²) < 4.78 is 7.22. The minimum Gasteiger partial charge on any atom is -0.483 e. The number of fused-ring (bicyclic) bond motifs is 1.